The molecule has 0 saturated heterocycles. The molecule has 0 atom stereocenters. The van der Waals surface area contributed by atoms with Crippen LogP contribution < -0.4 is 5.73 Å². The highest BCUT2D eigenvalue weighted by Gasteiger charge is 2.28. The third-order valence-electron chi connectivity index (χ3n) is 1.50. The molecule has 0 radical (unpaired) electrons. The van der Waals surface area contributed by atoms with E-state index in [0.29, 0.717) is 5.02 Å². The van der Waals surface area contributed by atoms with Crippen LogP contribution in [0.5, 0.6) is 0 Å². The molecule has 1 aromatic carbocycles. The zero-order chi connectivity index (χ0) is 10.1. The lowest BCUT2D eigenvalue weighted by Crippen LogP contribution is -2.12. The molecule has 1 aromatic rings. The lowest BCUT2D eigenvalue weighted by molar-refractivity contribution is -0.127. The fraction of sp³-hybridized carbons (Fsp3) is 0.250. The topological polar surface area (TPSA) is 26.0 Å². The van der Waals surface area contributed by atoms with Gasteiger partial charge in [0.25, 0.3) is 0 Å². The predicted octanol–water partition coefficient (Wildman–Crippen LogP) is 3.03. The molecule has 0 bridgehead atoms. The van der Waals surface area contributed by atoms with E-state index in [1.807, 2.05) is 0 Å². The zero-order valence-corrected chi connectivity index (χ0v) is 7.28. The number of benzene rings is 1. The zero-order valence-electron chi connectivity index (χ0n) is 6.53. The van der Waals surface area contributed by atoms with Gasteiger partial charge in [0.05, 0.1) is 6.42 Å². The Hall–Kier alpha value is -0.900. The molecule has 2 N–H and O–H groups in total. The van der Waals surface area contributed by atoms with Crippen LogP contribution in [0.4, 0.5) is 18.9 Å². The maximum absolute atomic E-state index is 11.9. The Morgan fingerprint density at radius 3 is 2.38 bits per heavy atom. The summed E-state index contributed by atoms with van der Waals surface area (Å²) < 4.78 is 35.8. The summed E-state index contributed by atoms with van der Waals surface area (Å²) in [6.45, 7) is 0. The van der Waals surface area contributed by atoms with Crippen molar-refractivity contribution < 1.29 is 13.2 Å². The van der Waals surface area contributed by atoms with E-state index in [4.69, 9.17) is 17.3 Å². The van der Waals surface area contributed by atoms with E-state index in [0.717, 1.165) is 0 Å². The molecule has 0 unspecified atom stereocenters. The van der Waals surface area contributed by atoms with Gasteiger partial charge in [-0.3, -0.25) is 0 Å². The van der Waals surface area contributed by atoms with Crippen molar-refractivity contribution in [3.8, 4) is 0 Å². The predicted molar refractivity (Wildman–Crippen MR) is 45.6 cm³/mol. The van der Waals surface area contributed by atoms with Gasteiger partial charge >= 0.3 is 6.18 Å². The smallest absolute Gasteiger partial charge is 0.393 e. The molecule has 0 amide bonds. The van der Waals surface area contributed by atoms with Crippen LogP contribution in [-0.4, -0.2) is 6.18 Å². The first-order valence-corrected chi connectivity index (χ1v) is 3.87. The number of halogens is 4. The molecule has 0 heterocycles. The molecule has 13 heavy (non-hydrogen) atoms. The number of nitrogen functional groups attached to an aromatic ring is 1. The van der Waals surface area contributed by atoms with Crippen LogP contribution in [0.25, 0.3) is 0 Å². The first kappa shape index (κ1) is 10.2. The average Bonchev–Trinajstić information content (AvgIpc) is 1.93. The number of hydrogen-bond donors (Lipinski definition) is 1. The van der Waals surface area contributed by atoms with E-state index in [2.05, 4.69) is 0 Å². The van der Waals surface area contributed by atoms with E-state index in [1.165, 1.54) is 18.2 Å². The lowest BCUT2D eigenvalue weighted by Gasteiger charge is -2.08. The second kappa shape index (κ2) is 3.46. The summed E-state index contributed by atoms with van der Waals surface area (Å²) in [6, 6.07) is 3.98. The molecule has 72 valence electrons. The van der Waals surface area contributed by atoms with Crippen LogP contribution >= 0.6 is 11.6 Å². The maximum atomic E-state index is 11.9. The lowest BCUT2D eigenvalue weighted by atomic mass is 10.1. The Morgan fingerprint density at radius 1 is 1.31 bits per heavy atom. The van der Waals surface area contributed by atoms with Gasteiger partial charge < -0.3 is 5.73 Å². The highest BCUT2D eigenvalue weighted by atomic mass is 35.5. The summed E-state index contributed by atoms with van der Waals surface area (Å²) in [7, 11) is 0. The second-order valence-electron chi connectivity index (χ2n) is 2.64. The van der Waals surface area contributed by atoms with Gasteiger partial charge in [-0.1, -0.05) is 17.7 Å². The highest BCUT2D eigenvalue weighted by molar-refractivity contribution is 6.30. The number of nitrogens with two attached hydrogens (primary N) is 1. The summed E-state index contributed by atoms with van der Waals surface area (Å²) >= 11 is 5.53. The quantitative estimate of drug-likeness (QED) is 0.707. The van der Waals surface area contributed by atoms with Gasteiger partial charge in [0.1, 0.15) is 0 Å². The van der Waals surface area contributed by atoms with Crippen LogP contribution in [0.1, 0.15) is 5.56 Å². The highest BCUT2D eigenvalue weighted by Crippen LogP contribution is 2.26. The van der Waals surface area contributed by atoms with Gasteiger partial charge in [-0.05, 0) is 17.7 Å². The van der Waals surface area contributed by atoms with Crippen molar-refractivity contribution in [3.63, 3.8) is 0 Å². The van der Waals surface area contributed by atoms with E-state index in [1.54, 1.807) is 0 Å². The van der Waals surface area contributed by atoms with Crippen LogP contribution in [0, 0.1) is 0 Å². The van der Waals surface area contributed by atoms with E-state index in [9.17, 15) is 13.2 Å². The van der Waals surface area contributed by atoms with Crippen LogP contribution in [0.3, 0.4) is 0 Å². The molecule has 0 fully saturated rings. The number of anilines is 1. The average molecular weight is 210 g/mol. The number of alkyl halides is 3. The summed E-state index contributed by atoms with van der Waals surface area (Å²) in [5.74, 6) is 0. The minimum Gasteiger partial charge on any atom is -0.398 e. The largest absolute Gasteiger partial charge is 0.398 e. The van der Waals surface area contributed by atoms with Crippen molar-refractivity contribution in [1.29, 1.82) is 0 Å². The van der Waals surface area contributed by atoms with Crippen LogP contribution in [0.2, 0.25) is 5.02 Å². The Kier molecular flexibility index (Phi) is 2.71. The van der Waals surface area contributed by atoms with Crippen LogP contribution in [0.15, 0.2) is 18.2 Å². The summed E-state index contributed by atoms with van der Waals surface area (Å²) in [4.78, 5) is 0. The SMILES string of the molecule is Nc1cc(Cl)ccc1CC(F)(F)F. The molecule has 5 heteroatoms. The van der Waals surface area contributed by atoms with Crippen molar-refractivity contribution in [3.05, 3.63) is 28.8 Å². The Morgan fingerprint density at radius 2 is 1.92 bits per heavy atom. The monoisotopic (exact) mass is 209 g/mol. The maximum Gasteiger partial charge on any atom is 0.393 e. The molecular weight excluding hydrogens is 203 g/mol. The second-order valence-corrected chi connectivity index (χ2v) is 3.07. The fourth-order valence-electron chi connectivity index (χ4n) is 0.943. The molecule has 0 saturated carbocycles. The minimum atomic E-state index is -4.23. The third kappa shape index (κ3) is 3.14. The Balaban J connectivity index is 2.90. The molecule has 1 nitrogen and oxygen atoms in total. The standard InChI is InChI=1S/C8H7ClF3N/c9-6-2-1-5(7(13)3-6)4-8(10,11)12/h1-3H,4,13H2. The van der Waals surface area contributed by atoms with Gasteiger partial charge in [0, 0.05) is 10.7 Å². The fourth-order valence-corrected chi connectivity index (χ4v) is 1.12. The van der Waals surface area contributed by atoms with Gasteiger partial charge in [-0.15, -0.1) is 0 Å². The van der Waals surface area contributed by atoms with Crippen molar-refractivity contribution in [2.24, 2.45) is 0 Å². The van der Waals surface area contributed by atoms with E-state index in [-0.39, 0.29) is 11.3 Å². The number of rotatable bonds is 1. The molecule has 0 spiro atoms. The van der Waals surface area contributed by atoms with Crippen molar-refractivity contribution >= 4 is 17.3 Å². The van der Waals surface area contributed by atoms with E-state index >= 15 is 0 Å². The summed E-state index contributed by atoms with van der Waals surface area (Å²) in [6.07, 6.45) is -5.25. The van der Waals surface area contributed by atoms with Crippen molar-refractivity contribution in [2.45, 2.75) is 12.6 Å². The summed E-state index contributed by atoms with van der Waals surface area (Å²) in [5, 5.41) is 0.337. The molecule has 0 aromatic heterocycles. The molecule has 1 rings (SSSR count). The van der Waals surface area contributed by atoms with Gasteiger partial charge in [0.15, 0.2) is 0 Å². The molecular formula is C8H7ClF3N. The first-order chi connectivity index (χ1) is 5.88. The van der Waals surface area contributed by atoms with Gasteiger partial charge in [-0.25, -0.2) is 0 Å². The number of hydrogen-bond acceptors (Lipinski definition) is 1. The van der Waals surface area contributed by atoms with E-state index < -0.39 is 12.6 Å². The first-order valence-electron chi connectivity index (χ1n) is 3.49. The van der Waals surface area contributed by atoms with Crippen LogP contribution in [-0.2, 0) is 6.42 Å². The third-order valence-corrected chi connectivity index (χ3v) is 1.73. The minimum absolute atomic E-state index is 0.0527. The molecule has 0 aliphatic carbocycles. The van der Waals surface area contributed by atoms with Crippen molar-refractivity contribution in [2.75, 3.05) is 5.73 Å². The van der Waals surface area contributed by atoms with Crippen molar-refractivity contribution in [1.82, 2.24) is 0 Å². The van der Waals surface area contributed by atoms with Gasteiger partial charge in [-0.2, -0.15) is 13.2 Å². The molecule has 0 aliphatic heterocycles. The van der Waals surface area contributed by atoms with Gasteiger partial charge in [0.2, 0.25) is 0 Å². The Bertz CT molecular complexity index is 309. The summed E-state index contributed by atoms with van der Waals surface area (Å²) in [5.41, 5.74) is 5.47. The normalized spacial score (nSPS) is 11.7. The molecule has 0 aliphatic rings. The Labute approximate surface area is 78.3 Å².